The average Bonchev–Trinajstić information content (AvgIpc) is 3.62. The second-order valence-corrected chi connectivity index (χ2v) is 9.05. The van der Waals surface area contributed by atoms with E-state index in [1.165, 1.54) is 29.2 Å². The van der Waals surface area contributed by atoms with Crippen molar-refractivity contribution in [2.75, 3.05) is 23.9 Å². The standard InChI is InChI=1S/C29H32N4/c1-30(26-9-5-3-6-10-26)28-13-17-32(18-14-28)22-24-21-25(24)23-33-19-15-29(16-20-33)31(2)27-11-7-4-8-12-27/h3-20,24-25H,21-23H2,1-2H3/q+2/t24-,25-/m1/s1. The summed E-state index contributed by atoms with van der Waals surface area (Å²) in [7, 11) is 4.23. The maximum Gasteiger partial charge on any atom is 0.170 e. The minimum Gasteiger partial charge on any atom is -0.344 e. The topological polar surface area (TPSA) is 14.2 Å². The molecule has 2 aromatic heterocycles. The lowest BCUT2D eigenvalue weighted by Gasteiger charge is -2.18. The Hall–Kier alpha value is -3.66. The quantitative estimate of drug-likeness (QED) is 0.355. The molecule has 5 rings (SSSR count). The van der Waals surface area contributed by atoms with Crippen molar-refractivity contribution in [2.24, 2.45) is 11.8 Å². The van der Waals surface area contributed by atoms with Crippen molar-refractivity contribution in [1.29, 1.82) is 0 Å². The Balaban J connectivity index is 1.14. The zero-order valence-electron chi connectivity index (χ0n) is 19.5. The highest BCUT2D eigenvalue weighted by Gasteiger charge is 2.42. The van der Waals surface area contributed by atoms with Crippen molar-refractivity contribution < 1.29 is 9.13 Å². The summed E-state index contributed by atoms with van der Waals surface area (Å²) < 4.78 is 4.66. The average molecular weight is 437 g/mol. The first kappa shape index (κ1) is 21.2. The second-order valence-electron chi connectivity index (χ2n) is 9.05. The molecule has 4 aromatic rings. The van der Waals surface area contributed by atoms with Gasteiger partial charge in [0.15, 0.2) is 37.9 Å². The van der Waals surface area contributed by atoms with Crippen LogP contribution in [0.3, 0.4) is 0 Å². The molecular weight excluding hydrogens is 404 g/mol. The Morgan fingerprint density at radius 3 is 1.24 bits per heavy atom. The van der Waals surface area contributed by atoms with E-state index in [1.807, 2.05) is 0 Å². The molecule has 0 saturated heterocycles. The Labute approximate surface area is 197 Å². The Morgan fingerprint density at radius 2 is 0.879 bits per heavy atom. The van der Waals surface area contributed by atoms with E-state index in [4.69, 9.17) is 0 Å². The molecule has 0 radical (unpaired) electrons. The summed E-state index contributed by atoms with van der Waals surface area (Å²) in [6, 6.07) is 29.8. The molecule has 166 valence electrons. The van der Waals surface area contributed by atoms with Crippen LogP contribution >= 0.6 is 0 Å². The predicted octanol–water partition coefficient (Wildman–Crippen LogP) is 5.13. The smallest absolute Gasteiger partial charge is 0.170 e. The van der Waals surface area contributed by atoms with Gasteiger partial charge in [0.25, 0.3) is 0 Å². The van der Waals surface area contributed by atoms with Crippen LogP contribution in [0.2, 0.25) is 0 Å². The molecular formula is C29H32N4+2. The fraction of sp³-hybridized carbons (Fsp3) is 0.241. The van der Waals surface area contributed by atoms with E-state index in [-0.39, 0.29) is 0 Å². The van der Waals surface area contributed by atoms with Gasteiger partial charge in [0, 0.05) is 61.6 Å². The molecule has 0 spiro atoms. The summed E-state index contributed by atoms with van der Waals surface area (Å²) in [4.78, 5) is 4.44. The van der Waals surface area contributed by atoms with E-state index < -0.39 is 0 Å². The maximum absolute atomic E-state index is 2.33. The van der Waals surface area contributed by atoms with Crippen molar-refractivity contribution in [3.63, 3.8) is 0 Å². The highest BCUT2D eigenvalue weighted by Crippen LogP contribution is 2.39. The third kappa shape index (κ3) is 5.06. The monoisotopic (exact) mass is 436 g/mol. The molecule has 0 unspecified atom stereocenters. The van der Waals surface area contributed by atoms with E-state index in [1.54, 1.807) is 0 Å². The highest BCUT2D eigenvalue weighted by molar-refractivity contribution is 5.62. The van der Waals surface area contributed by atoms with E-state index in [9.17, 15) is 0 Å². The van der Waals surface area contributed by atoms with Crippen LogP contribution in [0.4, 0.5) is 22.7 Å². The summed E-state index contributed by atoms with van der Waals surface area (Å²) in [5.74, 6) is 1.51. The first-order valence-corrected chi connectivity index (χ1v) is 11.7. The molecule has 33 heavy (non-hydrogen) atoms. The lowest BCUT2D eigenvalue weighted by Crippen LogP contribution is -2.37. The van der Waals surface area contributed by atoms with Crippen LogP contribution in [0, 0.1) is 11.8 Å². The zero-order valence-corrected chi connectivity index (χ0v) is 19.5. The van der Waals surface area contributed by atoms with Gasteiger partial charge in [0.1, 0.15) is 0 Å². The van der Waals surface area contributed by atoms with Gasteiger partial charge in [-0.15, -0.1) is 0 Å². The summed E-state index contributed by atoms with van der Waals surface area (Å²) in [5.41, 5.74) is 4.83. The lowest BCUT2D eigenvalue weighted by atomic mass is 10.2. The van der Waals surface area contributed by atoms with Gasteiger partial charge >= 0.3 is 0 Å². The molecule has 2 heterocycles. The number of nitrogens with zero attached hydrogens (tertiary/aromatic N) is 4. The molecule has 2 aromatic carbocycles. The summed E-state index contributed by atoms with van der Waals surface area (Å²) >= 11 is 0. The van der Waals surface area contributed by atoms with E-state index in [0.29, 0.717) is 0 Å². The van der Waals surface area contributed by atoms with Gasteiger partial charge in [-0.1, -0.05) is 36.4 Å². The van der Waals surface area contributed by atoms with E-state index in [0.717, 1.165) is 24.9 Å². The van der Waals surface area contributed by atoms with Crippen LogP contribution in [0.5, 0.6) is 0 Å². The Bertz CT molecular complexity index is 1060. The third-order valence-corrected chi connectivity index (χ3v) is 6.77. The van der Waals surface area contributed by atoms with E-state index >= 15 is 0 Å². The number of rotatable bonds is 8. The molecule has 4 heteroatoms. The molecule has 0 bridgehead atoms. The zero-order chi connectivity index (χ0) is 22.6. The molecule has 0 amide bonds. The van der Waals surface area contributed by atoms with Crippen molar-refractivity contribution in [2.45, 2.75) is 19.5 Å². The maximum atomic E-state index is 2.33. The van der Waals surface area contributed by atoms with Crippen LogP contribution in [0.15, 0.2) is 110 Å². The predicted molar refractivity (Wildman–Crippen MR) is 134 cm³/mol. The second kappa shape index (κ2) is 9.45. The van der Waals surface area contributed by atoms with Crippen molar-refractivity contribution in [1.82, 2.24) is 0 Å². The molecule has 2 atom stereocenters. The van der Waals surface area contributed by atoms with Crippen LogP contribution in [-0.4, -0.2) is 14.1 Å². The van der Waals surface area contributed by atoms with Gasteiger partial charge in [-0.3, -0.25) is 0 Å². The van der Waals surface area contributed by atoms with E-state index in [2.05, 4.69) is 143 Å². The van der Waals surface area contributed by atoms with Crippen LogP contribution in [-0.2, 0) is 13.1 Å². The summed E-state index contributed by atoms with van der Waals surface area (Å²) in [6.45, 7) is 2.19. The number of anilines is 4. The van der Waals surface area contributed by atoms with Crippen LogP contribution in [0.1, 0.15) is 6.42 Å². The fourth-order valence-electron chi connectivity index (χ4n) is 4.49. The van der Waals surface area contributed by atoms with Gasteiger partial charge in [0.2, 0.25) is 0 Å². The summed E-state index contributed by atoms with van der Waals surface area (Å²) in [5, 5.41) is 0. The Morgan fingerprint density at radius 1 is 0.545 bits per heavy atom. The molecule has 1 aliphatic carbocycles. The molecule has 1 saturated carbocycles. The van der Waals surface area contributed by atoms with Gasteiger partial charge in [-0.05, 0) is 30.7 Å². The molecule has 4 nitrogen and oxygen atoms in total. The van der Waals surface area contributed by atoms with Crippen molar-refractivity contribution >= 4 is 22.7 Å². The largest absolute Gasteiger partial charge is 0.344 e. The van der Waals surface area contributed by atoms with Crippen molar-refractivity contribution in [3.8, 4) is 0 Å². The number of aromatic nitrogens is 2. The highest BCUT2D eigenvalue weighted by atomic mass is 15.1. The Kier molecular flexibility index (Phi) is 6.07. The fourth-order valence-corrected chi connectivity index (χ4v) is 4.49. The normalized spacial score (nSPS) is 16.9. The third-order valence-electron chi connectivity index (χ3n) is 6.77. The van der Waals surface area contributed by atoms with Gasteiger partial charge < -0.3 is 9.80 Å². The van der Waals surface area contributed by atoms with Crippen LogP contribution in [0.25, 0.3) is 0 Å². The minimum atomic E-state index is 0.756. The number of pyridine rings is 2. The number of para-hydroxylation sites is 2. The number of hydrogen-bond acceptors (Lipinski definition) is 2. The molecule has 1 fully saturated rings. The molecule has 0 N–H and O–H groups in total. The lowest BCUT2D eigenvalue weighted by molar-refractivity contribution is -0.709. The van der Waals surface area contributed by atoms with Crippen molar-refractivity contribution in [3.05, 3.63) is 110 Å². The first-order valence-electron chi connectivity index (χ1n) is 11.7. The molecule has 1 aliphatic rings. The number of benzene rings is 2. The van der Waals surface area contributed by atoms with Gasteiger partial charge in [0.05, 0.1) is 11.4 Å². The first-order chi connectivity index (χ1) is 16.2. The van der Waals surface area contributed by atoms with Gasteiger partial charge in [-0.25, -0.2) is 9.13 Å². The molecule has 0 aliphatic heterocycles. The van der Waals surface area contributed by atoms with Gasteiger partial charge in [-0.2, -0.15) is 0 Å². The summed E-state index contributed by atoms with van der Waals surface area (Å²) in [6.07, 6.45) is 10.2. The minimum absolute atomic E-state index is 0.756. The number of hydrogen-bond donors (Lipinski definition) is 0. The van der Waals surface area contributed by atoms with Crippen LogP contribution < -0.4 is 18.9 Å². The SMILES string of the molecule is CN(c1ccccc1)c1cc[n+](C[C@H]2C[C@@H]2C[n+]2ccc(N(C)c3ccccc3)cc2)cc1.